The molecule has 4 N–H and O–H groups in total. The van der Waals surface area contributed by atoms with Gasteiger partial charge in [-0.25, -0.2) is 9.37 Å². The molecule has 0 aliphatic heterocycles. The first-order valence-corrected chi connectivity index (χ1v) is 11.3. The lowest BCUT2D eigenvalue weighted by atomic mass is 9.89. The summed E-state index contributed by atoms with van der Waals surface area (Å²) in [5.74, 6) is 0.564. The predicted molar refractivity (Wildman–Crippen MR) is 120 cm³/mol. The second-order valence-corrected chi connectivity index (χ2v) is 9.68. The number of oxazole rings is 1. The van der Waals surface area contributed by atoms with Crippen LogP contribution in [0.3, 0.4) is 0 Å². The molecule has 2 aromatic heterocycles. The number of nitrogens with zero attached hydrogens (tertiary/aromatic N) is 3. The highest BCUT2D eigenvalue weighted by atomic mass is 35.5. The third-order valence-electron chi connectivity index (χ3n) is 7.00. The monoisotopic (exact) mass is 473 g/mol. The van der Waals surface area contributed by atoms with Crippen LogP contribution in [0.1, 0.15) is 53.5 Å². The molecule has 2 unspecified atom stereocenters. The van der Waals surface area contributed by atoms with Gasteiger partial charge in [-0.15, -0.1) is 0 Å². The standard InChI is InChI=1S/C23H25ClFN5O3/c1-30-21(26)19(22(31)28-15-2-3-17(25)16(24)8-15)20(29-30)12-6-13-9-23(32,10-14(13)7-12)11-18-27-4-5-33-18/h2-5,8,12-14,32H,6-7,9-11,26H2,1H3,(H,28,31). The fraction of sp³-hybridized carbons (Fsp3) is 0.435. The van der Waals surface area contributed by atoms with E-state index in [0.29, 0.717) is 53.9 Å². The second-order valence-electron chi connectivity index (χ2n) is 9.28. The van der Waals surface area contributed by atoms with E-state index < -0.39 is 17.3 Å². The maximum atomic E-state index is 13.5. The van der Waals surface area contributed by atoms with E-state index in [1.165, 1.54) is 29.1 Å². The van der Waals surface area contributed by atoms with Crippen LogP contribution in [-0.2, 0) is 13.5 Å². The number of hydrogen-bond acceptors (Lipinski definition) is 6. The fourth-order valence-corrected chi connectivity index (χ4v) is 5.79. The second kappa shape index (κ2) is 8.14. The molecule has 2 heterocycles. The molecule has 2 aliphatic carbocycles. The lowest BCUT2D eigenvalue weighted by Crippen LogP contribution is -2.29. The van der Waals surface area contributed by atoms with Crippen LogP contribution in [0.4, 0.5) is 15.9 Å². The van der Waals surface area contributed by atoms with E-state index in [9.17, 15) is 14.3 Å². The van der Waals surface area contributed by atoms with E-state index >= 15 is 0 Å². The molecular weight excluding hydrogens is 449 g/mol. The summed E-state index contributed by atoms with van der Waals surface area (Å²) < 4.78 is 20.3. The molecule has 1 amide bonds. The Morgan fingerprint density at radius 2 is 2.12 bits per heavy atom. The Balaban J connectivity index is 1.32. The molecule has 0 saturated heterocycles. The first-order valence-electron chi connectivity index (χ1n) is 10.9. The van der Waals surface area contributed by atoms with Crippen LogP contribution in [0.25, 0.3) is 0 Å². The molecule has 8 nitrogen and oxygen atoms in total. The van der Waals surface area contributed by atoms with Crippen molar-refractivity contribution in [3.8, 4) is 0 Å². The summed E-state index contributed by atoms with van der Waals surface area (Å²) in [5.41, 5.74) is 6.75. The Morgan fingerprint density at radius 3 is 2.76 bits per heavy atom. The topological polar surface area (TPSA) is 119 Å². The summed E-state index contributed by atoms with van der Waals surface area (Å²) >= 11 is 5.84. The van der Waals surface area contributed by atoms with Crippen molar-refractivity contribution in [1.82, 2.24) is 14.8 Å². The van der Waals surface area contributed by atoms with Crippen molar-refractivity contribution in [3.05, 3.63) is 58.6 Å². The zero-order valence-electron chi connectivity index (χ0n) is 18.1. The van der Waals surface area contributed by atoms with E-state index in [2.05, 4.69) is 15.4 Å². The van der Waals surface area contributed by atoms with E-state index in [1.807, 2.05) is 0 Å². The Bertz CT molecular complexity index is 1180. The van der Waals surface area contributed by atoms with Crippen molar-refractivity contribution < 1.29 is 18.7 Å². The number of halogens is 2. The van der Waals surface area contributed by atoms with Crippen molar-refractivity contribution >= 4 is 29.0 Å². The summed E-state index contributed by atoms with van der Waals surface area (Å²) in [5, 5.41) is 18.3. The van der Waals surface area contributed by atoms with Gasteiger partial charge in [-0.05, 0) is 55.7 Å². The number of amides is 1. The number of nitrogen functional groups attached to an aromatic ring is 1. The van der Waals surface area contributed by atoms with Crippen LogP contribution in [-0.4, -0.2) is 31.4 Å². The average Bonchev–Trinajstić information content (AvgIpc) is 3.50. The smallest absolute Gasteiger partial charge is 0.261 e. The number of nitrogens with one attached hydrogen (secondary N) is 1. The summed E-state index contributed by atoms with van der Waals surface area (Å²) in [6.45, 7) is 0. The summed E-state index contributed by atoms with van der Waals surface area (Å²) in [4.78, 5) is 17.3. The van der Waals surface area contributed by atoms with Crippen LogP contribution in [0.15, 0.2) is 35.1 Å². The van der Waals surface area contributed by atoms with Gasteiger partial charge in [0.15, 0.2) is 5.89 Å². The molecule has 2 saturated carbocycles. The summed E-state index contributed by atoms with van der Waals surface area (Å²) in [6, 6.07) is 4.00. The molecule has 2 fully saturated rings. The Hall–Kier alpha value is -2.91. The highest BCUT2D eigenvalue weighted by molar-refractivity contribution is 6.31. The molecule has 0 radical (unpaired) electrons. The molecule has 0 spiro atoms. The highest BCUT2D eigenvalue weighted by Gasteiger charge is 2.50. The zero-order valence-corrected chi connectivity index (χ0v) is 18.8. The van der Waals surface area contributed by atoms with E-state index in [1.54, 1.807) is 13.2 Å². The lowest BCUT2D eigenvalue weighted by molar-refractivity contribution is 0.0324. The Morgan fingerprint density at radius 1 is 1.39 bits per heavy atom. The van der Waals surface area contributed by atoms with Crippen LogP contribution < -0.4 is 11.1 Å². The molecule has 3 aromatic rings. The molecule has 33 heavy (non-hydrogen) atoms. The van der Waals surface area contributed by atoms with Crippen LogP contribution in [0.5, 0.6) is 0 Å². The van der Waals surface area contributed by atoms with Gasteiger partial charge >= 0.3 is 0 Å². The number of rotatable bonds is 5. The number of carbonyl (C=O) groups excluding carboxylic acids is 1. The minimum atomic E-state index is -0.823. The third kappa shape index (κ3) is 4.11. The van der Waals surface area contributed by atoms with Gasteiger partial charge in [0.05, 0.1) is 28.9 Å². The minimum absolute atomic E-state index is 0.0624. The number of benzene rings is 1. The molecule has 2 atom stereocenters. The number of fused-ring (bicyclic) bond motifs is 1. The number of carbonyl (C=O) groups is 1. The number of nitrogens with two attached hydrogens (primary N) is 1. The normalized spacial score (nSPS) is 26.5. The van der Waals surface area contributed by atoms with Gasteiger partial charge in [0, 0.05) is 18.7 Å². The largest absolute Gasteiger partial charge is 0.449 e. The molecule has 2 aliphatic rings. The van der Waals surface area contributed by atoms with Crippen LogP contribution in [0.2, 0.25) is 5.02 Å². The van der Waals surface area contributed by atoms with Gasteiger partial charge < -0.3 is 20.6 Å². The van der Waals surface area contributed by atoms with Gasteiger partial charge in [-0.2, -0.15) is 5.10 Å². The maximum Gasteiger partial charge on any atom is 0.261 e. The first kappa shape index (κ1) is 21.9. The number of anilines is 2. The van der Waals surface area contributed by atoms with Gasteiger partial charge in [-0.3, -0.25) is 9.48 Å². The number of hydrogen-bond donors (Lipinski definition) is 3. The first-order chi connectivity index (χ1) is 15.7. The molecule has 10 heteroatoms. The quantitative estimate of drug-likeness (QED) is 0.516. The Labute approximate surface area is 194 Å². The number of aliphatic hydroxyl groups is 1. The van der Waals surface area contributed by atoms with Crippen LogP contribution in [0, 0.1) is 17.7 Å². The maximum absolute atomic E-state index is 13.5. The van der Waals surface area contributed by atoms with Crippen LogP contribution >= 0.6 is 11.6 Å². The minimum Gasteiger partial charge on any atom is -0.449 e. The molecule has 1 aromatic carbocycles. The van der Waals surface area contributed by atoms with Crippen molar-refractivity contribution in [1.29, 1.82) is 0 Å². The van der Waals surface area contributed by atoms with Crippen molar-refractivity contribution in [2.75, 3.05) is 11.1 Å². The van der Waals surface area contributed by atoms with Crippen molar-refractivity contribution in [3.63, 3.8) is 0 Å². The summed E-state index contributed by atoms with van der Waals surface area (Å²) in [7, 11) is 1.70. The van der Waals surface area contributed by atoms with Gasteiger partial charge in [-0.1, -0.05) is 11.6 Å². The fourth-order valence-electron chi connectivity index (χ4n) is 5.61. The molecule has 174 valence electrons. The lowest BCUT2D eigenvalue weighted by Gasteiger charge is -2.23. The van der Waals surface area contributed by atoms with Gasteiger partial charge in [0.2, 0.25) is 0 Å². The molecular formula is C23H25ClFN5O3. The highest BCUT2D eigenvalue weighted by Crippen LogP contribution is 2.54. The SMILES string of the molecule is Cn1nc(C2CC3CC(O)(Cc4ncco4)CC3C2)c(C(=O)Nc2ccc(F)c(Cl)c2)c1N. The summed E-state index contributed by atoms with van der Waals surface area (Å²) in [6.07, 6.45) is 6.46. The van der Waals surface area contributed by atoms with E-state index in [4.69, 9.17) is 21.8 Å². The van der Waals surface area contributed by atoms with Gasteiger partial charge in [0.25, 0.3) is 5.91 Å². The average molecular weight is 474 g/mol. The number of aromatic nitrogens is 3. The third-order valence-corrected chi connectivity index (χ3v) is 7.29. The zero-order chi connectivity index (χ0) is 23.3. The van der Waals surface area contributed by atoms with E-state index in [-0.39, 0.29) is 16.8 Å². The van der Waals surface area contributed by atoms with Crippen molar-refractivity contribution in [2.45, 2.75) is 43.6 Å². The van der Waals surface area contributed by atoms with Gasteiger partial charge in [0.1, 0.15) is 23.5 Å². The molecule has 5 rings (SSSR count). The molecule has 0 bridgehead atoms. The predicted octanol–water partition coefficient (Wildman–Crippen LogP) is 3.91. The Kier molecular flexibility index (Phi) is 5.41. The van der Waals surface area contributed by atoms with Crippen molar-refractivity contribution in [2.24, 2.45) is 18.9 Å². The number of aryl methyl sites for hydroxylation is 1. The van der Waals surface area contributed by atoms with E-state index in [0.717, 1.165) is 12.8 Å².